The predicted octanol–water partition coefficient (Wildman–Crippen LogP) is 2.50. The summed E-state index contributed by atoms with van der Waals surface area (Å²) in [5, 5.41) is 10.1. The van der Waals surface area contributed by atoms with Gasteiger partial charge >= 0.3 is 0 Å². The number of nitrogens with zero attached hydrogens (tertiary/aromatic N) is 1. The number of hydrogen-bond donors (Lipinski definition) is 1. The van der Waals surface area contributed by atoms with Crippen LogP contribution in [0.15, 0.2) is 18.2 Å². The van der Waals surface area contributed by atoms with Crippen molar-refractivity contribution in [2.45, 2.75) is 31.4 Å². The summed E-state index contributed by atoms with van der Waals surface area (Å²) >= 11 is 0. The molecule has 1 fully saturated rings. The van der Waals surface area contributed by atoms with Crippen molar-refractivity contribution in [1.29, 1.82) is 0 Å². The minimum Gasteiger partial charge on any atom is -0.388 e. The van der Waals surface area contributed by atoms with E-state index in [1.54, 1.807) is 7.11 Å². The lowest BCUT2D eigenvalue weighted by molar-refractivity contribution is 0.113. The molecule has 0 aliphatic heterocycles. The minimum absolute atomic E-state index is 0.296. The van der Waals surface area contributed by atoms with E-state index in [0.717, 1.165) is 12.6 Å². The first-order valence-corrected chi connectivity index (χ1v) is 6.97. The molecule has 112 valence electrons. The van der Waals surface area contributed by atoms with Crippen LogP contribution in [0.1, 0.15) is 30.9 Å². The molecule has 1 aliphatic rings. The molecular weight excluding hydrogens is 264 g/mol. The maximum Gasteiger partial charge on any atom is 0.126 e. The van der Waals surface area contributed by atoms with Crippen LogP contribution in [0.3, 0.4) is 0 Å². The smallest absolute Gasteiger partial charge is 0.126 e. The molecule has 1 saturated carbocycles. The fourth-order valence-corrected chi connectivity index (χ4v) is 2.35. The van der Waals surface area contributed by atoms with Crippen LogP contribution in [-0.4, -0.2) is 42.9 Å². The van der Waals surface area contributed by atoms with Gasteiger partial charge in [0.25, 0.3) is 0 Å². The lowest BCUT2D eigenvalue weighted by Gasteiger charge is -2.23. The molecule has 0 saturated heterocycles. The predicted molar refractivity (Wildman–Crippen MR) is 72.4 cm³/mol. The first kappa shape index (κ1) is 15.4. The van der Waals surface area contributed by atoms with E-state index in [-0.39, 0.29) is 0 Å². The SMILES string of the molecule is COCCN(CCC(O)c1cc(F)cc(F)c1)C1CC1. The van der Waals surface area contributed by atoms with E-state index in [0.29, 0.717) is 31.2 Å². The Morgan fingerprint density at radius 2 is 1.90 bits per heavy atom. The molecule has 1 aliphatic carbocycles. The van der Waals surface area contributed by atoms with Crippen molar-refractivity contribution in [3.05, 3.63) is 35.4 Å². The second-order valence-electron chi connectivity index (χ2n) is 5.27. The fourth-order valence-electron chi connectivity index (χ4n) is 2.35. The van der Waals surface area contributed by atoms with Crippen molar-refractivity contribution in [3.63, 3.8) is 0 Å². The van der Waals surface area contributed by atoms with Crippen molar-refractivity contribution in [3.8, 4) is 0 Å². The molecular formula is C15H21F2NO2. The first-order valence-electron chi connectivity index (χ1n) is 6.97. The number of rotatable bonds is 8. The number of ether oxygens (including phenoxy) is 1. The molecule has 0 bridgehead atoms. The Morgan fingerprint density at radius 1 is 1.25 bits per heavy atom. The van der Waals surface area contributed by atoms with Gasteiger partial charge in [0.2, 0.25) is 0 Å². The van der Waals surface area contributed by atoms with Gasteiger partial charge in [0.05, 0.1) is 12.7 Å². The lowest BCUT2D eigenvalue weighted by atomic mass is 10.1. The normalized spacial score (nSPS) is 16.6. The summed E-state index contributed by atoms with van der Waals surface area (Å²) in [6.45, 7) is 2.18. The summed E-state index contributed by atoms with van der Waals surface area (Å²) in [6, 6.07) is 3.75. The molecule has 0 aromatic heterocycles. The lowest BCUT2D eigenvalue weighted by Crippen LogP contribution is -2.31. The van der Waals surface area contributed by atoms with Gasteiger partial charge in [-0.1, -0.05) is 0 Å². The Bertz CT molecular complexity index is 418. The third-order valence-corrected chi connectivity index (χ3v) is 3.61. The highest BCUT2D eigenvalue weighted by atomic mass is 19.1. The highest BCUT2D eigenvalue weighted by molar-refractivity contribution is 5.20. The zero-order valence-corrected chi connectivity index (χ0v) is 11.7. The second-order valence-corrected chi connectivity index (χ2v) is 5.27. The Morgan fingerprint density at radius 3 is 2.45 bits per heavy atom. The Hall–Kier alpha value is -1.04. The van der Waals surface area contributed by atoms with Crippen LogP contribution in [0.5, 0.6) is 0 Å². The van der Waals surface area contributed by atoms with Gasteiger partial charge in [0, 0.05) is 32.3 Å². The van der Waals surface area contributed by atoms with Crippen LogP contribution < -0.4 is 0 Å². The number of methoxy groups -OCH3 is 1. The van der Waals surface area contributed by atoms with E-state index >= 15 is 0 Å². The highest BCUT2D eigenvalue weighted by Crippen LogP contribution is 2.28. The van der Waals surface area contributed by atoms with Crippen LogP contribution in [0.25, 0.3) is 0 Å². The summed E-state index contributed by atoms with van der Waals surface area (Å²) in [5.41, 5.74) is 0.296. The summed E-state index contributed by atoms with van der Waals surface area (Å²) < 4.78 is 31.3. The van der Waals surface area contributed by atoms with Gasteiger partial charge in [0.15, 0.2) is 0 Å². The Kier molecular flexibility index (Phi) is 5.46. The molecule has 0 heterocycles. The number of halogens is 2. The van der Waals surface area contributed by atoms with E-state index in [9.17, 15) is 13.9 Å². The average Bonchev–Trinajstić information content (AvgIpc) is 3.22. The van der Waals surface area contributed by atoms with Gasteiger partial charge in [-0.2, -0.15) is 0 Å². The van der Waals surface area contributed by atoms with Crippen LogP contribution in [0, 0.1) is 11.6 Å². The Balaban J connectivity index is 1.87. The van der Waals surface area contributed by atoms with E-state index in [2.05, 4.69) is 4.90 Å². The van der Waals surface area contributed by atoms with E-state index in [4.69, 9.17) is 4.74 Å². The molecule has 5 heteroatoms. The van der Waals surface area contributed by atoms with Crippen molar-refractivity contribution >= 4 is 0 Å². The number of aliphatic hydroxyl groups is 1. The highest BCUT2D eigenvalue weighted by Gasteiger charge is 2.28. The topological polar surface area (TPSA) is 32.7 Å². The first-order chi connectivity index (χ1) is 9.60. The van der Waals surface area contributed by atoms with Crippen molar-refractivity contribution in [1.82, 2.24) is 4.90 Å². The van der Waals surface area contributed by atoms with E-state index in [1.165, 1.54) is 25.0 Å². The quantitative estimate of drug-likeness (QED) is 0.796. The number of benzene rings is 1. The minimum atomic E-state index is -0.844. The van der Waals surface area contributed by atoms with Crippen molar-refractivity contribution < 1.29 is 18.6 Å². The molecule has 0 amide bonds. The average molecular weight is 285 g/mol. The summed E-state index contributed by atoms with van der Waals surface area (Å²) in [6.07, 6.45) is 1.97. The Labute approximate surface area is 118 Å². The largest absolute Gasteiger partial charge is 0.388 e. The molecule has 1 atom stereocenters. The fraction of sp³-hybridized carbons (Fsp3) is 0.600. The van der Waals surface area contributed by atoms with Crippen LogP contribution in [0.2, 0.25) is 0 Å². The maximum absolute atomic E-state index is 13.1. The zero-order chi connectivity index (χ0) is 14.5. The molecule has 1 N–H and O–H groups in total. The molecule has 1 unspecified atom stereocenters. The number of hydrogen-bond acceptors (Lipinski definition) is 3. The third kappa shape index (κ3) is 4.51. The van der Waals surface area contributed by atoms with Gasteiger partial charge in [-0.15, -0.1) is 0 Å². The summed E-state index contributed by atoms with van der Waals surface area (Å²) in [5.74, 6) is -1.31. The molecule has 1 aromatic rings. The van der Waals surface area contributed by atoms with Gasteiger partial charge in [-0.05, 0) is 37.0 Å². The maximum atomic E-state index is 13.1. The van der Waals surface area contributed by atoms with Crippen molar-refractivity contribution in [2.24, 2.45) is 0 Å². The third-order valence-electron chi connectivity index (χ3n) is 3.61. The molecule has 0 radical (unpaired) electrons. The number of aliphatic hydroxyl groups excluding tert-OH is 1. The van der Waals surface area contributed by atoms with Crippen LogP contribution in [-0.2, 0) is 4.74 Å². The van der Waals surface area contributed by atoms with Gasteiger partial charge in [-0.3, -0.25) is 4.90 Å². The van der Waals surface area contributed by atoms with E-state index < -0.39 is 17.7 Å². The van der Waals surface area contributed by atoms with Crippen molar-refractivity contribution in [2.75, 3.05) is 26.8 Å². The molecule has 0 spiro atoms. The van der Waals surface area contributed by atoms with Gasteiger partial charge in [-0.25, -0.2) is 8.78 Å². The van der Waals surface area contributed by atoms with Crippen LogP contribution >= 0.6 is 0 Å². The molecule has 2 rings (SSSR count). The van der Waals surface area contributed by atoms with Crippen LogP contribution in [0.4, 0.5) is 8.78 Å². The van der Waals surface area contributed by atoms with Gasteiger partial charge in [0.1, 0.15) is 11.6 Å². The molecule has 20 heavy (non-hydrogen) atoms. The molecule has 3 nitrogen and oxygen atoms in total. The second kappa shape index (κ2) is 7.11. The zero-order valence-electron chi connectivity index (χ0n) is 11.7. The standard InChI is InChI=1S/C15H21F2NO2/c1-20-7-6-18(14-2-3-14)5-4-15(19)11-8-12(16)10-13(17)9-11/h8-10,14-15,19H,2-7H2,1H3. The molecule has 1 aromatic carbocycles. The monoisotopic (exact) mass is 285 g/mol. The summed E-state index contributed by atoms with van der Waals surface area (Å²) in [4.78, 5) is 2.27. The van der Waals surface area contributed by atoms with E-state index in [1.807, 2.05) is 0 Å². The summed E-state index contributed by atoms with van der Waals surface area (Å²) in [7, 11) is 1.66. The van der Waals surface area contributed by atoms with Gasteiger partial charge < -0.3 is 9.84 Å².